The predicted octanol–water partition coefficient (Wildman–Crippen LogP) is 6.41. The third-order valence-electron chi connectivity index (χ3n) is 8.74. The lowest BCUT2D eigenvalue weighted by molar-refractivity contribution is -0.120. The highest BCUT2D eigenvalue weighted by atomic mass is 19.1. The minimum Gasteiger partial charge on any atom is -0.356 e. The Bertz CT molecular complexity index is 1740. The number of para-hydroxylation sites is 2. The van der Waals surface area contributed by atoms with Crippen LogP contribution in [0.2, 0.25) is 0 Å². The van der Waals surface area contributed by atoms with Crippen LogP contribution < -0.4 is 10.2 Å². The zero-order valence-electron chi connectivity index (χ0n) is 23.1. The van der Waals surface area contributed by atoms with Crippen molar-refractivity contribution in [1.82, 2.24) is 15.2 Å². The average Bonchev–Trinajstić information content (AvgIpc) is 3.51. The summed E-state index contributed by atoms with van der Waals surface area (Å²) in [4.78, 5) is 47.9. The quantitative estimate of drug-likeness (QED) is 0.210. The molecule has 1 aromatic heterocycles. The highest BCUT2D eigenvalue weighted by Crippen LogP contribution is 2.45. The first kappa shape index (κ1) is 26.2. The Morgan fingerprint density at radius 2 is 1.76 bits per heavy atom. The Hall–Kier alpha value is -4.72. The Morgan fingerprint density at radius 3 is 2.57 bits per heavy atom. The molecule has 212 valence electrons. The summed E-state index contributed by atoms with van der Waals surface area (Å²) >= 11 is 0. The monoisotopic (exact) mass is 562 g/mol. The fraction of sp³-hybridized carbons (Fsp3) is 0.265. The van der Waals surface area contributed by atoms with Crippen LogP contribution in [0.15, 0.2) is 84.4 Å². The zero-order valence-corrected chi connectivity index (χ0v) is 23.1. The smallest absolute Gasteiger partial charge is 0.332 e. The standard InChI is InChI=1S/C34H31FN4O3/c35-23-16-14-22(15-17-23)31-30-26(24-10-4-6-12-27(24)37-30)20-29-33(41)39(34(42)38(29)31)28-13-7-5-11-25(28)32(40)36-19-18-21-8-2-1-3-9-21/h4-8,10-17,29,31,37H,1-3,9,18-20H2,(H,36,40)/t29-,31?/m0/s1. The molecule has 4 amide bonds. The van der Waals surface area contributed by atoms with E-state index < -0.39 is 18.1 Å². The maximum absolute atomic E-state index is 14.2. The van der Waals surface area contributed by atoms with Crippen molar-refractivity contribution in [2.75, 3.05) is 11.4 Å². The Labute approximate surface area is 243 Å². The number of carbonyl (C=O) groups excluding carboxylic acids is 3. The second-order valence-electron chi connectivity index (χ2n) is 11.2. The first-order valence-corrected chi connectivity index (χ1v) is 14.6. The molecule has 0 saturated carbocycles. The molecular weight excluding hydrogens is 531 g/mol. The van der Waals surface area contributed by atoms with Crippen LogP contribution >= 0.6 is 0 Å². The molecule has 7 rings (SSSR count). The number of H-pyrrole nitrogens is 1. The van der Waals surface area contributed by atoms with Gasteiger partial charge in [0, 0.05) is 29.6 Å². The van der Waals surface area contributed by atoms with Crippen LogP contribution in [0.25, 0.3) is 10.9 Å². The maximum Gasteiger partial charge on any atom is 0.332 e. The summed E-state index contributed by atoms with van der Waals surface area (Å²) in [6, 6.07) is 18.8. The summed E-state index contributed by atoms with van der Waals surface area (Å²) in [7, 11) is 0. The number of urea groups is 1. The van der Waals surface area contributed by atoms with Gasteiger partial charge < -0.3 is 10.3 Å². The number of fused-ring (bicyclic) bond motifs is 4. The van der Waals surface area contributed by atoms with Crippen LogP contribution in [0.4, 0.5) is 14.9 Å². The number of amides is 4. The summed E-state index contributed by atoms with van der Waals surface area (Å²) in [5.74, 6) is -1.08. The van der Waals surface area contributed by atoms with Gasteiger partial charge in [0.05, 0.1) is 11.3 Å². The molecular formula is C34H31FN4O3. The van der Waals surface area contributed by atoms with Gasteiger partial charge in [0.2, 0.25) is 0 Å². The number of nitrogens with zero attached hydrogens (tertiary/aromatic N) is 2. The molecule has 2 N–H and O–H groups in total. The number of benzene rings is 3. The van der Waals surface area contributed by atoms with Gasteiger partial charge in [-0.25, -0.2) is 14.1 Å². The third-order valence-corrected chi connectivity index (χ3v) is 8.74. The van der Waals surface area contributed by atoms with E-state index >= 15 is 0 Å². The molecule has 7 nitrogen and oxygen atoms in total. The lowest BCUT2D eigenvalue weighted by atomic mass is 9.89. The van der Waals surface area contributed by atoms with Crippen LogP contribution in [-0.2, 0) is 11.2 Å². The van der Waals surface area contributed by atoms with E-state index in [9.17, 15) is 18.8 Å². The molecule has 8 heteroatoms. The summed E-state index contributed by atoms with van der Waals surface area (Å²) < 4.78 is 13.9. The second-order valence-corrected chi connectivity index (χ2v) is 11.2. The molecule has 3 heterocycles. The van der Waals surface area contributed by atoms with Gasteiger partial charge in [0.15, 0.2) is 0 Å². The summed E-state index contributed by atoms with van der Waals surface area (Å²) in [5, 5.41) is 3.98. The van der Waals surface area contributed by atoms with Crippen molar-refractivity contribution in [1.29, 1.82) is 0 Å². The third kappa shape index (κ3) is 4.38. The number of nitrogens with one attached hydrogen (secondary N) is 2. The van der Waals surface area contributed by atoms with Crippen molar-refractivity contribution in [2.45, 2.75) is 50.6 Å². The number of aromatic amines is 1. The van der Waals surface area contributed by atoms with Crippen LogP contribution in [0.5, 0.6) is 0 Å². The molecule has 3 aromatic carbocycles. The number of carbonyl (C=O) groups is 3. The van der Waals surface area contributed by atoms with Crippen LogP contribution in [0.1, 0.15) is 65.3 Å². The molecule has 2 atom stereocenters. The normalized spacial score (nSPS) is 20.0. The first-order valence-electron chi connectivity index (χ1n) is 14.6. The van der Waals surface area contributed by atoms with Gasteiger partial charge in [-0.1, -0.05) is 54.1 Å². The molecule has 4 aromatic rings. The maximum atomic E-state index is 14.2. The van der Waals surface area contributed by atoms with Crippen molar-refractivity contribution in [2.24, 2.45) is 0 Å². The largest absolute Gasteiger partial charge is 0.356 e. The van der Waals surface area contributed by atoms with Gasteiger partial charge in [-0.3, -0.25) is 14.5 Å². The number of allylic oxidation sites excluding steroid dienone is 1. The first-order chi connectivity index (χ1) is 20.5. The molecule has 2 aliphatic heterocycles. The molecule has 0 radical (unpaired) electrons. The van der Waals surface area contributed by atoms with E-state index in [1.165, 1.54) is 30.5 Å². The minimum absolute atomic E-state index is 0.266. The lowest BCUT2D eigenvalue weighted by Crippen LogP contribution is -2.44. The Morgan fingerprint density at radius 1 is 0.976 bits per heavy atom. The number of hydrogen-bond donors (Lipinski definition) is 2. The fourth-order valence-electron chi connectivity index (χ4n) is 6.71. The highest BCUT2D eigenvalue weighted by Gasteiger charge is 2.53. The van der Waals surface area contributed by atoms with Crippen LogP contribution in [0, 0.1) is 5.82 Å². The fourth-order valence-corrected chi connectivity index (χ4v) is 6.71. The molecule has 42 heavy (non-hydrogen) atoms. The van der Waals surface area contributed by atoms with Crippen LogP contribution in [0.3, 0.4) is 0 Å². The molecule has 1 unspecified atom stereocenters. The topological polar surface area (TPSA) is 85.5 Å². The molecule has 0 spiro atoms. The number of anilines is 1. The minimum atomic E-state index is -0.770. The summed E-state index contributed by atoms with van der Waals surface area (Å²) in [5.41, 5.74) is 5.29. The Balaban J connectivity index is 1.24. The van der Waals surface area contributed by atoms with Crippen molar-refractivity contribution in [3.8, 4) is 0 Å². The highest BCUT2D eigenvalue weighted by molar-refractivity contribution is 6.24. The number of halogens is 1. The number of aromatic nitrogens is 1. The lowest BCUT2D eigenvalue weighted by Gasteiger charge is -2.36. The van der Waals surface area contributed by atoms with Gasteiger partial charge in [0.25, 0.3) is 11.8 Å². The second kappa shape index (κ2) is 10.6. The number of hydrogen-bond acceptors (Lipinski definition) is 3. The van der Waals surface area contributed by atoms with Gasteiger partial charge in [-0.15, -0.1) is 0 Å². The molecule has 0 bridgehead atoms. The van der Waals surface area contributed by atoms with Crippen LogP contribution in [-0.4, -0.2) is 40.3 Å². The predicted molar refractivity (Wildman–Crippen MR) is 159 cm³/mol. The summed E-state index contributed by atoms with van der Waals surface area (Å²) in [6.07, 6.45) is 7.92. The molecule has 3 aliphatic rings. The number of imide groups is 1. The van der Waals surface area contributed by atoms with Crippen molar-refractivity contribution < 1.29 is 18.8 Å². The van der Waals surface area contributed by atoms with E-state index in [1.807, 2.05) is 24.3 Å². The Kier molecular flexibility index (Phi) is 6.61. The van der Waals surface area contributed by atoms with Gasteiger partial charge >= 0.3 is 6.03 Å². The van der Waals surface area contributed by atoms with E-state index in [2.05, 4.69) is 16.4 Å². The SMILES string of the molecule is O=C(NCCC1=CCCCC1)c1ccccc1N1C(=O)[C@@H]2Cc3c([nH]c4ccccc34)C(c3ccc(F)cc3)N2C1=O. The number of rotatable bonds is 6. The molecule has 1 aliphatic carbocycles. The zero-order chi connectivity index (χ0) is 28.8. The average molecular weight is 563 g/mol. The summed E-state index contributed by atoms with van der Waals surface area (Å²) in [6.45, 7) is 0.490. The van der Waals surface area contributed by atoms with Gasteiger partial charge in [0.1, 0.15) is 17.9 Å². The van der Waals surface area contributed by atoms with Gasteiger partial charge in [-0.05, 0) is 73.6 Å². The van der Waals surface area contributed by atoms with Gasteiger partial charge in [-0.2, -0.15) is 0 Å². The van der Waals surface area contributed by atoms with E-state index in [0.717, 1.165) is 46.3 Å². The van der Waals surface area contributed by atoms with E-state index in [0.29, 0.717) is 18.5 Å². The molecule has 1 saturated heterocycles. The van der Waals surface area contributed by atoms with Crippen molar-refractivity contribution in [3.05, 3.63) is 113 Å². The van der Waals surface area contributed by atoms with E-state index in [1.54, 1.807) is 41.3 Å². The van der Waals surface area contributed by atoms with E-state index in [-0.39, 0.29) is 28.9 Å². The van der Waals surface area contributed by atoms with Crippen molar-refractivity contribution >= 4 is 34.4 Å². The van der Waals surface area contributed by atoms with Crippen molar-refractivity contribution in [3.63, 3.8) is 0 Å². The molecule has 1 fully saturated rings. The van der Waals surface area contributed by atoms with E-state index in [4.69, 9.17) is 0 Å².